The lowest BCUT2D eigenvalue weighted by molar-refractivity contribution is 0.0951. The molecule has 5 nitrogen and oxygen atoms in total. The summed E-state index contributed by atoms with van der Waals surface area (Å²) in [7, 11) is 0. The number of halogens is 1. The van der Waals surface area contributed by atoms with Crippen LogP contribution in [-0.2, 0) is 6.54 Å². The Balaban J connectivity index is 1.53. The van der Waals surface area contributed by atoms with Gasteiger partial charge >= 0.3 is 0 Å². The molecule has 0 bridgehead atoms. The summed E-state index contributed by atoms with van der Waals surface area (Å²) in [6.07, 6.45) is 0. The summed E-state index contributed by atoms with van der Waals surface area (Å²) in [5.41, 5.74) is 2.59. The summed E-state index contributed by atoms with van der Waals surface area (Å²) < 4.78 is 0. The molecular formula is C17H17ClN4O. The summed E-state index contributed by atoms with van der Waals surface area (Å²) >= 11 is 5.81. The number of rotatable bonds is 4. The molecule has 1 aliphatic rings. The van der Waals surface area contributed by atoms with E-state index < -0.39 is 0 Å². The molecule has 0 radical (unpaired) electrons. The highest BCUT2D eigenvalue weighted by molar-refractivity contribution is 6.30. The first-order valence-corrected chi connectivity index (χ1v) is 7.76. The van der Waals surface area contributed by atoms with Gasteiger partial charge in [-0.3, -0.25) is 9.79 Å². The van der Waals surface area contributed by atoms with Crippen LogP contribution in [0.3, 0.4) is 0 Å². The van der Waals surface area contributed by atoms with E-state index in [2.05, 4.69) is 20.9 Å². The average molecular weight is 329 g/mol. The Morgan fingerprint density at radius 3 is 2.52 bits per heavy atom. The summed E-state index contributed by atoms with van der Waals surface area (Å²) in [6, 6.07) is 14.7. The molecule has 0 fully saturated rings. The third-order valence-electron chi connectivity index (χ3n) is 3.45. The molecule has 0 atom stereocenters. The molecular weight excluding hydrogens is 312 g/mol. The van der Waals surface area contributed by atoms with Crippen molar-refractivity contribution in [3.05, 3.63) is 64.7 Å². The van der Waals surface area contributed by atoms with E-state index in [1.807, 2.05) is 24.3 Å². The van der Waals surface area contributed by atoms with Crippen molar-refractivity contribution in [2.45, 2.75) is 6.54 Å². The Morgan fingerprint density at radius 1 is 1.13 bits per heavy atom. The number of carbonyl (C=O) groups excluding carboxylic acids is 1. The Labute approximate surface area is 139 Å². The molecule has 0 aromatic heterocycles. The fraction of sp³-hybridized carbons (Fsp3) is 0.176. The Kier molecular flexibility index (Phi) is 4.78. The molecule has 23 heavy (non-hydrogen) atoms. The van der Waals surface area contributed by atoms with E-state index >= 15 is 0 Å². The molecule has 0 saturated carbocycles. The lowest BCUT2D eigenvalue weighted by Gasteiger charge is -2.09. The van der Waals surface area contributed by atoms with Crippen LogP contribution in [0.2, 0.25) is 5.02 Å². The van der Waals surface area contributed by atoms with E-state index in [4.69, 9.17) is 11.6 Å². The second-order valence-electron chi connectivity index (χ2n) is 5.17. The SMILES string of the molecule is O=C(NCc1ccc(NC2=NCCN2)cc1)c1ccc(Cl)cc1. The third kappa shape index (κ3) is 4.23. The number of aliphatic imine (C=N–C) groups is 1. The second-order valence-corrected chi connectivity index (χ2v) is 5.61. The van der Waals surface area contributed by atoms with Gasteiger partial charge in [0.25, 0.3) is 5.91 Å². The van der Waals surface area contributed by atoms with Crippen LogP contribution in [0.1, 0.15) is 15.9 Å². The fourth-order valence-corrected chi connectivity index (χ4v) is 2.34. The molecule has 0 aliphatic carbocycles. The van der Waals surface area contributed by atoms with E-state index in [1.54, 1.807) is 24.3 Å². The van der Waals surface area contributed by atoms with Gasteiger partial charge in [-0.25, -0.2) is 0 Å². The van der Waals surface area contributed by atoms with Gasteiger partial charge < -0.3 is 16.0 Å². The third-order valence-corrected chi connectivity index (χ3v) is 3.70. The van der Waals surface area contributed by atoms with Gasteiger partial charge in [-0.1, -0.05) is 23.7 Å². The van der Waals surface area contributed by atoms with Gasteiger partial charge in [-0.15, -0.1) is 0 Å². The maximum atomic E-state index is 12.0. The molecule has 118 valence electrons. The Morgan fingerprint density at radius 2 is 1.87 bits per heavy atom. The van der Waals surface area contributed by atoms with Crippen LogP contribution < -0.4 is 16.0 Å². The standard InChI is InChI=1S/C17H17ClN4O/c18-14-5-3-13(4-6-14)16(23)21-11-12-1-7-15(8-2-12)22-17-19-9-10-20-17/h1-8H,9-11H2,(H,21,23)(H2,19,20,22). The highest BCUT2D eigenvalue weighted by Crippen LogP contribution is 2.11. The van der Waals surface area contributed by atoms with Crippen molar-refractivity contribution >= 4 is 29.2 Å². The van der Waals surface area contributed by atoms with Crippen molar-refractivity contribution in [2.24, 2.45) is 4.99 Å². The number of benzene rings is 2. The molecule has 1 amide bonds. The second kappa shape index (κ2) is 7.15. The first-order valence-electron chi connectivity index (χ1n) is 7.39. The van der Waals surface area contributed by atoms with E-state index in [9.17, 15) is 4.79 Å². The van der Waals surface area contributed by atoms with Crippen LogP contribution in [0.25, 0.3) is 0 Å². The number of nitrogens with zero attached hydrogens (tertiary/aromatic N) is 1. The highest BCUT2D eigenvalue weighted by Gasteiger charge is 2.06. The van der Waals surface area contributed by atoms with Gasteiger partial charge in [0.05, 0.1) is 6.54 Å². The molecule has 2 aromatic rings. The normalized spacial score (nSPS) is 13.2. The minimum absolute atomic E-state index is 0.117. The van der Waals surface area contributed by atoms with Crippen LogP contribution >= 0.6 is 11.6 Å². The molecule has 1 aliphatic heterocycles. The molecule has 0 unspecified atom stereocenters. The van der Waals surface area contributed by atoms with Crippen LogP contribution in [-0.4, -0.2) is 25.0 Å². The number of carbonyl (C=O) groups is 1. The van der Waals surface area contributed by atoms with Gasteiger partial charge in [0.15, 0.2) is 5.96 Å². The first kappa shape index (κ1) is 15.4. The van der Waals surface area contributed by atoms with E-state index in [0.29, 0.717) is 17.1 Å². The zero-order valence-electron chi connectivity index (χ0n) is 12.5. The molecule has 3 rings (SSSR count). The maximum absolute atomic E-state index is 12.0. The number of amides is 1. The zero-order chi connectivity index (χ0) is 16.1. The molecule has 1 heterocycles. The van der Waals surface area contributed by atoms with Crippen molar-refractivity contribution in [3.8, 4) is 0 Å². The topological polar surface area (TPSA) is 65.5 Å². The van der Waals surface area contributed by atoms with E-state index in [0.717, 1.165) is 30.3 Å². The predicted octanol–water partition coefficient (Wildman–Crippen LogP) is 2.64. The predicted molar refractivity (Wildman–Crippen MR) is 93.0 cm³/mol. The van der Waals surface area contributed by atoms with Crippen LogP contribution in [0.5, 0.6) is 0 Å². The van der Waals surface area contributed by atoms with Crippen molar-refractivity contribution in [3.63, 3.8) is 0 Å². The largest absolute Gasteiger partial charge is 0.354 e. The zero-order valence-corrected chi connectivity index (χ0v) is 13.2. The van der Waals surface area contributed by atoms with Crippen molar-refractivity contribution < 1.29 is 4.79 Å². The lowest BCUT2D eigenvalue weighted by atomic mass is 10.2. The molecule has 3 N–H and O–H groups in total. The van der Waals surface area contributed by atoms with E-state index in [1.165, 1.54) is 0 Å². The molecule has 2 aromatic carbocycles. The summed E-state index contributed by atoms with van der Waals surface area (Å²) in [5.74, 6) is 0.683. The van der Waals surface area contributed by atoms with Gasteiger partial charge in [0, 0.05) is 29.4 Å². The Hall–Kier alpha value is -2.53. The molecule has 6 heteroatoms. The van der Waals surface area contributed by atoms with Crippen LogP contribution in [0, 0.1) is 0 Å². The van der Waals surface area contributed by atoms with Crippen LogP contribution in [0.15, 0.2) is 53.5 Å². The smallest absolute Gasteiger partial charge is 0.251 e. The highest BCUT2D eigenvalue weighted by atomic mass is 35.5. The monoisotopic (exact) mass is 328 g/mol. The van der Waals surface area contributed by atoms with Gasteiger partial charge in [0.2, 0.25) is 0 Å². The lowest BCUT2D eigenvalue weighted by Crippen LogP contribution is -2.26. The Bertz CT molecular complexity index is 710. The first-order chi connectivity index (χ1) is 11.2. The molecule has 0 saturated heterocycles. The van der Waals surface area contributed by atoms with Crippen LogP contribution in [0.4, 0.5) is 5.69 Å². The molecule has 0 spiro atoms. The van der Waals surface area contributed by atoms with E-state index in [-0.39, 0.29) is 5.91 Å². The number of guanidine groups is 1. The van der Waals surface area contributed by atoms with Gasteiger partial charge in [-0.2, -0.15) is 0 Å². The number of anilines is 1. The number of hydrogen-bond donors (Lipinski definition) is 3. The van der Waals surface area contributed by atoms with Gasteiger partial charge in [-0.05, 0) is 42.0 Å². The minimum atomic E-state index is -0.117. The average Bonchev–Trinajstić information content (AvgIpc) is 3.07. The fourth-order valence-electron chi connectivity index (χ4n) is 2.21. The summed E-state index contributed by atoms with van der Waals surface area (Å²) in [4.78, 5) is 16.3. The van der Waals surface area contributed by atoms with Crippen molar-refractivity contribution in [2.75, 3.05) is 18.4 Å². The number of hydrogen-bond acceptors (Lipinski definition) is 4. The maximum Gasteiger partial charge on any atom is 0.251 e. The number of nitrogens with one attached hydrogen (secondary N) is 3. The van der Waals surface area contributed by atoms with Crippen molar-refractivity contribution in [1.29, 1.82) is 0 Å². The summed E-state index contributed by atoms with van der Waals surface area (Å²) in [5, 5.41) is 9.86. The van der Waals surface area contributed by atoms with Crippen molar-refractivity contribution in [1.82, 2.24) is 10.6 Å². The summed E-state index contributed by atoms with van der Waals surface area (Å²) in [6.45, 7) is 2.15. The quantitative estimate of drug-likeness (QED) is 0.808. The minimum Gasteiger partial charge on any atom is -0.354 e. The van der Waals surface area contributed by atoms with Gasteiger partial charge in [0.1, 0.15) is 0 Å².